The number of phosphoric ester groups is 1. The van der Waals surface area contributed by atoms with Gasteiger partial charge in [0.15, 0.2) is 6.10 Å². The van der Waals surface area contributed by atoms with E-state index in [1.54, 1.807) is 0 Å². The fraction of sp³-hybridized carbons (Fsp3) is 0.909. The maximum absolute atomic E-state index is 12.4. The van der Waals surface area contributed by atoms with Crippen LogP contribution in [0.2, 0.25) is 0 Å². The number of unbranched alkanes of at least 4 members (excludes halogenated alkanes) is 16. The highest BCUT2D eigenvalue weighted by atomic mass is 31.2. The van der Waals surface area contributed by atoms with Gasteiger partial charge < -0.3 is 33.6 Å². The van der Waals surface area contributed by atoms with Gasteiger partial charge in [0.2, 0.25) is 5.91 Å². The Balaban J connectivity index is 4.42. The number of primary amides is 1. The van der Waals surface area contributed by atoms with E-state index >= 15 is 0 Å². The fourth-order valence-corrected chi connectivity index (χ4v) is 5.37. The van der Waals surface area contributed by atoms with Crippen LogP contribution in [0, 0.1) is 0 Å². The molecule has 1 unspecified atom stereocenters. The van der Waals surface area contributed by atoms with Crippen LogP contribution in [0.4, 0.5) is 0 Å². The van der Waals surface area contributed by atoms with Gasteiger partial charge in [-0.25, -0.2) is 0 Å². The van der Waals surface area contributed by atoms with Crippen molar-refractivity contribution >= 4 is 25.7 Å². The van der Waals surface area contributed by atoms with Gasteiger partial charge in [0.1, 0.15) is 19.8 Å². The van der Waals surface area contributed by atoms with Crippen molar-refractivity contribution < 1.29 is 46.8 Å². The molecule has 0 aromatic heterocycles. The fourth-order valence-electron chi connectivity index (χ4n) is 4.64. The van der Waals surface area contributed by atoms with Gasteiger partial charge in [-0.3, -0.25) is 18.9 Å². The summed E-state index contributed by atoms with van der Waals surface area (Å²) in [6, 6.07) is 0. The molecule has 0 fully saturated rings. The molecule has 0 aliphatic carbocycles. The summed E-state index contributed by atoms with van der Waals surface area (Å²) in [6.45, 7) is 1.84. The van der Waals surface area contributed by atoms with Crippen molar-refractivity contribution in [3.8, 4) is 0 Å². The Morgan fingerprint density at radius 3 is 1.58 bits per heavy atom. The van der Waals surface area contributed by atoms with Gasteiger partial charge in [0.25, 0.3) is 7.82 Å². The molecule has 0 aliphatic heterocycles. The third-order valence-corrected chi connectivity index (χ3v) is 8.41. The van der Waals surface area contributed by atoms with Gasteiger partial charge in [-0.2, -0.15) is 0 Å². The summed E-state index contributed by atoms with van der Waals surface area (Å²) in [7, 11) is 1.08. The molecule has 45 heavy (non-hydrogen) atoms. The first-order valence-electron chi connectivity index (χ1n) is 17.4. The standard InChI is InChI=1S/C33H65N2O9P/c1-5-6-7-8-9-10-11-12-13-14-15-18-21-24-32(37)41-28-30(29-43-45(39,40)42-27-26-35(2,3)4)44-33(38)25-22-19-16-17-20-23-31(34)36/h30H,5-29H2,1-4H3,(H2-,34,36,39,40)/t30-/m1/s1. The predicted octanol–water partition coefficient (Wildman–Crippen LogP) is 6.35. The zero-order valence-electron chi connectivity index (χ0n) is 28.9. The van der Waals surface area contributed by atoms with Gasteiger partial charge in [-0.05, 0) is 19.3 Å². The van der Waals surface area contributed by atoms with Gasteiger partial charge in [0.05, 0.1) is 27.7 Å². The average molecular weight is 665 g/mol. The Bertz CT molecular complexity index is 820. The molecule has 0 heterocycles. The lowest BCUT2D eigenvalue weighted by atomic mass is 10.0. The van der Waals surface area contributed by atoms with Crippen LogP contribution in [-0.4, -0.2) is 75.9 Å². The van der Waals surface area contributed by atoms with Crippen molar-refractivity contribution in [2.45, 2.75) is 148 Å². The second kappa shape index (κ2) is 27.6. The topological polar surface area (TPSA) is 154 Å². The van der Waals surface area contributed by atoms with Gasteiger partial charge in [-0.15, -0.1) is 0 Å². The molecule has 0 rings (SSSR count). The SMILES string of the molecule is CCCCCCCCCCCCCCCC(=O)OC[C@H](COP(=O)([O-])OCC[N+](C)(C)C)OC(=O)CCCCCCCC(N)=O. The quantitative estimate of drug-likeness (QED) is 0.0375. The van der Waals surface area contributed by atoms with Crippen LogP contribution in [0.5, 0.6) is 0 Å². The highest BCUT2D eigenvalue weighted by Crippen LogP contribution is 2.38. The third kappa shape index (κ3) is 32.2. The molecule has 0 aliphatic rings. The number of esters is 2. The maximum atomic E-state index is 12.4. The lowest BCUT2D eigenvalue weighted by molar-refractivity contribution is -0.870. The molecule has 0 saturated heterocycles. The van der Waals surface area contributed by atoms with Crippen LogP contribution in [0.25, 0.3) is 0 Å². The number of nitrogens with zero attached hydrogens (tertiary/aromatic N) is 1. The molecule has 12 heteroatoms. The number of hydrogen-bond donors (Lipinski definition) is 1. The van der Waals surface area contributed by atoms with E-state index in [4.69, 9.17) is 24.3 Å². The van der Waals surface area contributed by atoms with Crippen LogP contribution in [0.15, 0.2) is 0 Å². The molecule has 2 N–H and O–H groups in total. The second-order valence-electron chi connectivity index (χ2n) is 13.1. The van der Waals surface area contributed by atoms with Crippen molar-refractivity contribution in [2.24, 2.45) is 5.73 Å². The van der Waals surface area contributed by atoms with E-state index in [9.17, 15) is 23.8 Å². The minimum Gasteiger partial charge on any atom is -0.756 e. The van der Waals surface area contributed by atoms with E-state index in [1.165, 1.54) is 64.2 Å². The van der Waals surface area contributed by atoms with E-state index in [0.29, 0.717) is 30.3 Å². The summed E-state index contributed by atoms with van der Waals surface area (Å²) in [5, 5.41) is 0. The highest BCUT2D eigenvalue weighted by molar-refractivity contribution is 7.45. The highest BCUT2D eigenvalue weighted by Gasteiger charge is 2.21. The lowest BCUT2D eigenvalue weighted by Gasteiger charge is -2.28. The molecular weight excluding hydrogens is 599 g/mol. The third-order valence-electron chi connectivity index (χ3n) is 7.45. The molecule has 0 saturated carbocycles. The maximum Gasteiger partial charge on any atom is 0.306 e. The summed E-state index contributed by atoms with van der Waals surface area (Å²) >= 11 is 0. The number of phosphoric acid groups is 1. The van der Waals surface area contributed by atoms with Gasteiger partial charge in [0, 0.05) is 19.3 Å². The van der Waals surface area contributed by atoms with Crippen molar-refractivity contribution in [3.05, 3.63) is 0 Å². The minimum absolute atomic E-state index is 0.0533. The normalized spacial score (nSPS) is 13.7. The number of ether oxygens (including phenoxy) is 2. The number of quaternary nitrogens is 1. The second-order valence-corrected chi connectivity index (χ2v) is 14.5. The zero-order valence-corrected chi connectivity index (χ0v) is 29.8. The zero-order chi connectivity index (χ0) is 33.8. The van der Waals surface area contributed by atoms with Crippen molar-refractivity contribution in [3.63, 3.8) is 0 Å². The van der Waals surface area contributed by atoms with Crippen LogP contribution in [-0.2, 0) is 37.5 Å². The van der Waals surface area contributed by atoms with Gasteiger partial charge >= 0.3 is 11.9 Å². The number of carbonyl (C=O) groups excluding carboxylic acids is 3. The number of hydrogen-bond acceptors (Lipinski definition) is 9. The molecule has 266 valence electrons. The van der Waals surface area contributed by atoms with Crippen LogP contribution in [0.1, 0.15) is 142 Å². The lowest BCUT2D eigenvalue weighted by Crippen LogP contribution is -2.37. The largest absolute Gasteiger partial charge is 0.756 e. The van der Waals surface area contributed by atoms with E-state index in [1.807, 2.05) is 21.1 Å². The Morgan fingerprint density at radius 1 is 0.667 bits per heavy atom. The van der Waals surface area contributed by atoms with Crippen LogP contribution >= 0.6 is 7.82 Å². The number of likely N-dealkylation sites (N-methyl/N-ethyl adjacent to an activating group) is 1. The first-order chi connectivity index (χ1) is 21.3. The number of rotatable bonds is 32. The predicted molar refractivity (Wildman–Crippen MR) is 175 cm³/mol. The number of nitrogens with two attached hydrogens (primary N) is 1. The smallest absolute Gasteiger partial charge is 0.306 e. The van der Waals surface area contributed by atoms with E-state index < -0.39 is 32.5 Å². The Labute approximate surface area is 273 Å². The number of amides is 1. The molecule has 0 bridgehead atoms. The Hall–Kier alpha value is -1.52. The van der Waals surface area contributed by atoms with Crippen molar-refractivity contribution in [1.29, 1.82) is 0 Å². The summed E-state index contributed by atoms with van der Waals surface area (Å²) in [5.41, 5.74) is 5.14. The molecule has 0 aromatic rings. The summed E-state index contributed by atoms with van der Waals surface area (Å²) in [5.74, 6) is -1.27. The average Bonchev–Trinajstić information content (AvgIpc) is 2.95. The molecule has 2 atom stereocenters. The summed E-state index contributed by atoms with van der Waals surface area (Å²) in [6.07, 6.45) is 19.1. The summed E-state index contributed by atoms with van der Waals surface area (Å²) < 4.78 is 33.4. The molecule has 0 radical (unpaired) electrons. The number of carbonyl (C=O) groups is 3. The molecular formula is C33H65N2O9P. The van der Waals surface area contributed by atoms with Crippen molar-refractivity contribution in [1.82, 2.24) is 0 Å². The molecule has 0 aromatic carbocycles. The molecule has 0 spiro atoms. The van der Waals surface area contributed by atoms with E-state index in [-0.39, 0.29) is 32.0 Å². The first-order valence-corrected chi connectivity index (χ1v) is 18.8. The molecule has 1 amide bonds. The Morgan fingerprint density at radius 2 is 1.11 bits per heavy atom. The van der Waals surface area contributed by atoms with Crippen LogP contribution in [0.3, 0.4) is 0 Å². The summed E-state index contributed by atoms with van der Waals surface area (Å²) in [4.78, 5) is 47.8. The molecule has 11 nitrogen and oxygen atoms in total. The van der Waals surface area contributed by atoms with E-state index in [2.05, 4.69) is 6.92 Å². The first kappa shape index (κ1) is 43.5. The van der Waals surface area contributed by atoms with E-state index in [0.717, 1.165) is 38.5 Å². The monoisotopic (exact) mass is 664 g/mol. The Kier molecular flexibility index (Phi) is 26.6. The van der Waals surface area contributed by atoms with Crippen LogP contribution < -0.4 is 10.6 Å². The van der Waals surface area contributed by atoms with Gasteiger partial charge in [-0.1, -0.05) is 103 Å². The minimum atomic E-state index is -4.64. The van der Waals surface area contributed by atoms with Crippen molar-refractivity contribution in [2.75, 3.05) is 47.5 Å².